The summed E-state index contributed by atoms with van der Waals surface area (Å²) in [5.74, 6) is 0.761. The second-order valence-electron chi connectivity index (χ2n) is 7.17. The standard InChI is InChI=1S/C20H28ClN5OS/c1-22-18(23-12-15-13-28-19(25-15)26(2)3)24-14-20(8-10-27-11-9-20)16-6-4-5-7-17(16)21/h4-7,13H,8-12,14H2,1-3H3,(H2,22,23,24). The van der Waals surface area contributed by atoms with E-state index in [1.807, 2.05) is 31.1 Å². The summed E-state index contributed by atoms with van der Waals surface area (Å²) in [6, 6.07) is 8.12. The Hall–Kier alpha value is -1.83. The molecule has 8 heteroatoms. The third kappa shape index (κ3) is 4.96. The zero-order valence-electron chi connectivity index (χ0n) is 16.7. The van der Waals surface area contributed by atoms with Gasteiger partial charge in [-0.3, -0.25) is 4.99 Å². The number of aromatic nitrogens is 1. The molecule has 0 spiro atoms. The molecule has 0 bridgehead atoms. The maximum atomic E-state index is 6.54. The van der Waals surface area contributed by atoms with Gasteiger partial charge < -0.3 is 20.3 Å². The summed E-state index contributed by atoms with van der Waals surface area (Å²) < 4.78 is 5.62. The lowest BCUT2D eigenvalue weighted by Crippen LogP contribution is -2.48. The van der Waals surface area contributed by atoms with Crippen molar-refractivity contribution in [1.82, 2.24) is 15.6 Å². The lowest BCUT2D eigenvalue weighted by atomic mass is 9.74. The molecule has 1 saturated heterocycles. The number of guanidine groups is 1. The molecule has 2 aromatic rings. The second-order valence-corrected chi connectivity index (χ2v) is 8.41. The normalized spacial score (nSPS) is 16.6. The van der Waals surface area contributed by atoms with E-state index in [1.165, 1.54) is 5.56 Å². The zero-order valence-corrected chi connectivity index (χ0v) is 18.2. The summed E-state index contributed by atoms with van der Waals surface area (Å²) in [5, 5.41) is 10.7. The summed E-state index contributed by atoms with van der Waals surface area (Å²) in [5.41, 5.74) is 2.12. The van der Waals surface area contributed by atoms with Gasteiger partial charge in [-0.2, -0.15) is 0 Å². The van der Waals surface area contributed by atoms with E-state index in [-0.39, 0.29) is 5.41 Å². The fourth-order valence-corrected chi connectivity index (χ4v) is 4.52. The van der Waals surface area contributed by atoms with Gasteiger partial charge in [0.05, 0.1) is 12.2 Å². The topological polar surface area (TPSA) is 61.8 Å². The first kappa shape index (κ1) is 20.9. The van der Waals surface area contributed by atoms with Crippen LogP contribution < -0.4 is 15.5 Å². The lowest BCUT2D eigenvalue weighted by molar-refractivity contribution is 0.0514. The predicted molar refractivity (Wildman–Crippen MR) is 118 cm³/mol. The first-order chi connectivity index (χ1) is 13.5. The SMILES string of the molecule is CN=C(NCc1csc(N(C)C)n1)NCC1(c2ccccc2Cl)CCOCC1. The van der Waals surface area contributed by atoms with Crippen LogP contribution in [-0.2, 0) is 16.7 Å². The number of benzene rings is 1. The van der Waals surface area contributed by atoms with Crippen LogP contribution in [0.2, 0.25) is 5.02 Å². The third-order valence-corrected chi connectivity index (χ3v) is 6.46. The molecule has 1 aromatic heterocycles. The average Bonchev–Trinajstić information content (AvgIpc) is 3.18. The predicted octanol–water partition coefficient (Wildman–Crippen LogP) is 3.28. The summed E-state index contributed by atoms with van der Waals surface area (Å²) in [7, 11) is 5.78. The largest absolute Gasteiger partial charge is 0.381 e. The monoisotopic (exact) mass is 421 g/mol. The molecule has 0 aliphatic carbocycles. The first-order valence-electron chi connectivity index (χ1n) is 9.43. The number of hydrogen-bond acceptors (Lipinski definition) is 5. The third-order valence-electron chi connectivity index (χ3n) is 5.07. The summed E-state index contributed by atoms with van der Waals surface area (Å²) in [6.45, 7) is 2.86. The van der Waals surface area contributed by atoms with Crippen LogP contribution in [0.25, 0.3) is 0 Å². The minimum absolute atomic E-state index is 0.0626. The Kier molecular flexibility index (Phi) is 7.15. The summed E-state index contributed by atoms with van der Waals surface area (Å²) in [6.07, 6.45) is 1.86. The van der Waals surface area contributed by atoms with Gasteiger partial charge in [0.15, 0.2) is 11.1 Å². The van der Waals surface area contributed by atoms with Gasteiger partial charge in [0.1, 0.15) is 0 Å². The Bertz CT molecular complexity index is 801. The molecule has 28 heavy (non-hydrogen) atoms. The molecule has 2 heterocycles. The van der Waals surface area contributed by atoms with Gasteiger partial charge in [-0.25, -0.2) is 4.98 Å². The quantitative estimate of drug-likeness (QED) is 0.553. The lowest BCUT2D eigenvalue weighted by Gasteiger charge is -2.38. The minimum atomic E-state index is -0.0626. The van der Waals surface area contributed by atoms with Gasteiger partial charge in [0, 0.05) is 56.7 Å². The first-order valence-corrected chi connectivity index (χ1v) is 10.7. The fourth-order valence-electron chi connectivity index (χ4n) is 3.43. The molecule has 0 atom stereocenters. The maximum Gasteiger partial charge on any atom is 0.191 e. The minimum Gasteiger partial charge on any atom is -0.381 e. The highest BCUT2D eigenvalue weighted by Gasteiger charge is 2.36. The number of ether oxygens (including phenoxy) is 1. The Morgan fingerprint density at radius 3 is 2.68 bits per heavy atom. The Morgan fingerprint density at radius 1 is 1.29 bits per heavy atom. The van der Waals surface area contributed by atoms with E-state index >= 15 is 0 Å². The molecular formula is C20H28ClN5OS. The number of anilines is 1. The van der Waals surface area contributed by atoms with E-state index in [0.717, 1.165) is 54.4 Å². The molecule has 0 radical (unpaired) electrons. The van der Waals surface area contributed by atoms with E-state index in [2.05, 4.69) is 38.1 Å². The molecule has 0 amide bonds. The molecule has 1 aromatic carbocycles. The van der Waals surface area contributed by atoms with Gasteiger partial charge in [-0.1, -0.05) is 29.8 Å². The van der Waals surface area contributed by atoms with Crippen LogP contribution in [0, 0.1) is 0 Å². The molecule has 1 aliphatic rings. The van der Waals surface area contributed by atoms with Gasteiger partial charge in [0.25, 0.3) is 0 Å². The highest BCUT2D eigenvalue weighted by atomic mass is 35.5. The van der Waals surface area contributed by atoms with Crippen molar-refractivity contribution < 1.29 is 4.74 Å². The van der Waals surface area contributed by atoms with Gasteiger partial charge >= 0.3 is 0 Å². The molecule has 2 N–H and O–H groups in total. The maximum absolute atomic E-state index is 6.54. The van der Waals surface area contributed by atoms with Crippen molar-refractivity contribution in [2.24, 2.45) is 4.99 Å². The fraction of sp³-hybridized carbons (Fsp3) is 0.500. The second kappa shape index (κ2) is 9.58. The molecule has 1 aliphatic heterocycles. The van der Waals surface area contributed by atoms with Crippen molar-refractivity contribution in [2.45, 2.75) is 24.8 Å². The molecule has 152 valence electrons. The van der Waals surface area contributed by atoms with Crippen LogP contribution in [0.5, 0.6) is 0 Å². The van der Waals surface area contributed by atoms with Crippen molar-refractivity contribution in [2.75, 3.05) is 45.8 Å². The number of hydrogen-bond donors (Lipinski definition) is 2. The Morgan fingerprint density at radius 2 is 2.04 bits per heavy atom. The Balaban J connectivity index is 1.65. The molecule has 0 unspecified atom stereocenters. The van der Waals surface area contributed by atoms with Crippen molar-refractivity contribution >= 4 is 34.0 Å². The van der Waals surface area contributed by atoms with Crippen LogP contribution >= 0.6 is 22.9 Å². The van der Waals surface area contributed by atoms with Crippen LogP contribution in [0.3, 0.4) is 0 Å². The Labute approximate surface area is 176 Å². The van der Waals surface area contributed by atoms with E-state index in [0.29, 0.717) is 6.54 Å². The number of halogens is 1. The van der Waals surface area contributed by atoms with E-state index < -0.39 is 0 Å². The summed E-state index contributed by atoms with van der Waals surface area (Å²) >= 11 is 8.18. The molecular weight excluding hydrogens is 394 g/mol. The molecule has 3 rings (SSSR count). The van der Waals surface area contributed by atoms with Crippen LogP contribution in [-0.4, -0.2) is 51.8 Å². The molecule has 0 saturated carbocycles. The van der Waals surface area contributed by atoms with E-state index in [4.69, 9.17) is 16.3 Å². The highest BCUT2D eigenvalue weighted by molar-refractivity contribution is 7.13. The molecule has 6 nitrogen and oxygen atoms in total. The van der Waals surface area contributed by atoms with Crippen molar-refractivity contribution in [3.05, 3.63) is 45.9 Å². The average molecular weight is 422 g/mol. The van der Waals surface area contributed by atoms with Crippen LogP contribution in [0.1, 0.15) is 24.1 Å². The van der Waals surface area contributed by atoms with Gasteiger partial charge in [0.2, 0.25) is 0 Å². The van der Waals surface area contributed by atoms with Crippen molar-refractivity contribution in [3.63, 3.8) is 0 Å². The highest BCUT2D eigenvalue weighted by Crippen LogP contribution is 2.38. The number of nitrogens with one attached hydrogen (secondary N) is 2. The van der Waals surface area contributed by atoms with E-state index in [9.17, 15) is 0 Å². The van der Waals surface area contributed by atoms with Gasteiger partial charge in [-0.15, -0.1) is 11.3 Å². The number of aliphatic imine (C=N–C) groups is 1. The number of rotatable bonds is 6. The summed E-state index contributed by atoms with van der Waals surface area (Å²) in [4.78, 5) is 11.0. The smallest absolute Gasteiger partial charge is 0.191 e. The van der Waals surface area contributed by atoms with Crippen molar-refractivity contribution in [1.29, 1.82) is 0 Å². The zero-order chi connectivity index (χ0) is 20.0. The van der Waals surface area contributed by atoms with Crippen LogP contribution in [0.15, 0.2) is 34.6 Å². The molecule has 1 fully saturated rings. The number of thiazole rings is 1. The van der Waals surface area contributed by atoms with Crippen molar-refractivity contribution in [3.8, 4) is 0 Å². The number of nitrogens with zero attached hydrogens (tertiary/aromatic N) is 3. The van der Waals surface area contributed by atoms with E-state index in [1.54, 1.807) is 18.4 Å². The van der Waals surface area contributed by atoms with Gasteiger partial charge in [-0.05, 0) is 24.5 Å². The van der Waals surface area contributed by atoms with Crippen LogP contribution in [0.4, 0.5) is 5.13 Å².